The van der Waals surface area contributed by atoms with Gasteiger partial charge in [0.05, 0.1) is 7.11 Å². The van der Waals surface area contributed by atoms with Crippen LogP contribution in [0.3, 0.4) is 0 Å². The number of esters is 1. The molecule has 0 fully saturated rings. The highest BCUT2D eigenvalue weighted by Gasteiger charge is 2.40. The Bertz CT molecular complexity index is 1470. The SMILES string of the molecule is COC(=O)c1ccccc1OP1Oc2c(C(C)(C)C)cc(C)cc2S(=O)(=O)c2cc(C)cc(C(C)(C)C)c2O1. The maximum absolute atomic E-state index is 14.3. The number of carbonyl (C=O) groups excluding carboxylic acids is 1. The van der Waals surface area contributed by atoms with Gasteiger partial charge in [0.2, 0.25) is 9.84 Å². The number of hydrogen-bond donors (Lipinski definition) is 0. The summed E-state index contributed by atoms with van der Waals surface area (Å²) < 4.78 is 52.6. The molecule has 1 aliphatic heterocycles. The first-order valence-corrected chi connectivity index (χ1v) is 15.2. The van der Waals surface area contributed by atoms with Crippen molar-refractivity contribution in [3.05, 3.63) is 76.3 Å². The summed E-state index contributed by atoms with van der Waals surface area (Å²) in [5, 5.41) is 0. The third-order valence-corrected chi connectivity index (χ3v) is 9.16. The Kier molecular flexibility index (Phi) is 7.52. The van der Waals surface area contributed by atoms with Crippen LogP contribution in [0.5, 0.6) is 17.2 Å². The van der Waals surface area contributed by atoms with Crippen molar-refractivity contribution >= 4 is 24.4 Å². The molecule has 0 N–H and O–H groups in total. The average Bonchev–Trinajstić information content (AvgIpc) is 2.83. The van der Waals surface area contributed by atoms with Crippen molar-refractivity contribution in [1.82, 2.24) is 0 Å². The van der Waals surface area contributed by atoms with Crippen LogP contribution in [0.2, 0.25) is 0 Å². The molecule has 0 atom stereocenters. The van der Waals surface area contributed by atoms with Gasteiger partial charge in [0.1, 0.15) is 21.1 Å². The van der Waals surface area contributed by atoms with Gasteiger partial charge < -0.3 is 18.3 Å². The summed E-state index contributed by atoms with van der Waals surface area (Å²) in [5.74, 6) is -0.0117. The van der Waals surface area contributed by atoms with Gasteiger partial charge in [-0.25, -0.2) is 13.2 Å². The highest BCUT2D eigenvalue weighted by molar-refractivity contribution is 7.91. The van der Waals surface area contributed by atoms with E-state index in [1.54, 1.807) is 36.4 Å². The predicted octanol–water partition coefficient (Wildman–Crippen LogP) is 7.59. The molecule has 7 nitrogen and oxygen atoms in total. The molecule has 0 bridgehead atoms. The van der Waals surface area contributed by atoms with E-state index in [1.807, 2.05) is 67.5 Å². The maximum Gasteiger partial charge on any atom is 0.530 e. The third-order valence-electron chi connectivity index (χ3n) is 6.39. The zero-order chi connectivity index (χ0) is 28.9. The van der Waals surface area contributed by atoms with Gasteiger partial charge in [-0.15, -0.1) is 0 Å². The average molecular weight is 571 g/mol. The molecule has 39 heavy (non-hydrogen) atoms. The normalized spacial score (nSPS) is 15.1. The van der Waals surface area contributed by atoms with E-state index >= 15 is 0 Å². The summed E-state index contributed by atoms with van der Waals surface area (Å²) in [7, 11) is -5.04. The third kappa shape index (κ3) is 5.64. The van der Waals surface area contributed by atoms with Crippen molar-refractivity contribution < 1.29 is 31.5 Å². The minimum absolute atomic E-state index is 0.0554. The molecule has 0 radical (unpaired) electrons. The van der Waals surface area contributed by atoms with E-state index in [0.717, 1.165) is 11.1 Å². The van der Waals surface area contributed by atoms with Crippen LogP contribution in [0, 0.1) is 13.8 Å². The Hall–Kier alpha value is -3.09. The van der Waals surface area contributed by atoms with E-state index in [1.165, 1.54) is 7.11 Å². The number of carbonyl (C=O) groups is 1. The summed E-state index contributed by atoms with van der Waals surface area (Å²) in [6, 6.07) is 13.7. The van der Waals surface area contributed by atoms with Crippen LogP contribution >= 0.6 is 8.60 Å². The van der Waals surface area contributed by atoms with Crippen LogP contribution in [0.4, 0.5) is 0 Å². The highest BCUT2D eigenvalue weighted by atomic mass is 32.2. The summed E-state index contributed by atoms with van der Waals surface area (Å²) in [6.07, 6.45) is 0. The number of sulfone groups is 1. The fraction of sp³-hybridized carbons (Fsp3) is 0.367. The molecular weight excluding hydrogens is 535 g/mol. The molecule has 0 unspecified atom stereocenters. The Morgan fingerprint density at radius 1 is 0.795 bits per heavy atom. The topological polar surface area (TPSA) is 88.1 Å². The number of aryl methyl sites for hydroxylation is 2. The second-order valence-corrected chi connectivity index (χ2v) is 14.6. The Balaban J connectivity index is 2.05. The van der Waals surface area contributed by atoms with Crippen LogP contribution in [0.25, 0.3) is 0 Å². The quantitative estimate of drug-likeness (QED) is 0.237. The fourth-order valence-corrected chi connectivity index (χ4v) is 7.37. The first kappa shape index (κ1) is 28.9. The fourth-order valence-electron chi connectivity index (χ4n) is 4.41. The molecule has 0 spiro atoms. The molecule has 1 heterocycles. The summed E-state index contributed by atoms with van der Waals surface area (Å²) in [5.41, 5.74) is 2.27. The van der Waals surface area contributed by atoms with Gasteiger partial charge in [-0.1, -0.05) is 65.8 Å². The lowest BCUT2D eigenvalue weighted by molar-refractivity contribution is 0.0598. The Labute approximate surface area is 232 Å². The van der Waals surface area contributed by atoms with Crippen LogP contribution in [0.15, 0.2) is 58.3 Å². The summed E-state index contributed by atoms with van der Waals surface area (Å²) in [6.45, 7) is 15.7. The number of methoxy groups -OCH3 is 1. The number of ether oxygens (including phenoxy) is 1. The summed E-state index contributed by atoms with van der Waals surface area (Å²) in [4.78, 5) is 12.6. The summed E-state index contributed by atoms with van der Waals surface area (Å²) >= 11 is 0. The molecule has 1 aliphatic rings. The van der Waals surface area contributed by atoms with E-state index in [2.05, 4.69) is 0 Å². The minimum Gasteiger partial charge on any atom is -0.465 e. The number of hydrogen-bond acceptors (Lipinski definition) is 7. The standard InChI is InChI=1S/C30H35O7PS/c1-18-14-21(29(3,4)5)26-24(16-18)39(32,33)25-17-19(2)15-22(30(6,7)8)27(25)37-38(36-26)35-23-13-11-10-12-20(23)28(31)34-9/h10-17H,1-9H3. The van der Waals surface area contributed by atoms with E-state index in [9.17, 15) is 13.2 Å². The van der Waals surface area contributed by atoms with Gasteiger partial charge in [0, 0.05) is 11.1 Å². The molecule has 0 saturated carbocycles. The lowest BCUT2D eigenvalue weighted by Gasteiger charge is -2.32. The van der Waals surface area contributed by atoms with E-state index in [-0.39, 0.29) is 32.6 Å². The van der Waals surface area contributed by atoms with Crippen molar-refractivity contribution in [3.8, 4) is 17.2 Å². The number of para-hydroxylation sites is 1. The van der Waals surface area contributed by atoms with Gasteiger partial charge in [-0.05, 0) is 60.1 Å². The van der Waals surface area contributed by atoms with Gasteiger partial charge in [0.15, 0.2) is 11.5 Å². The molecule has 3 aromatic carbocycles. The molecule has 0 aromatic heterocycles. The first-order chi connectivity index (χ1) is 18.0. The Morgan fingerprint density at radius 2 is 1.26 bits per heavy atom. The zero-order valence-corrected chi connectivity index (χ0v) is 25.5. The van der Waals surface area contributed by atoms with Crippen molar-refractivity contribution in [2.45, 2.75) is 76.0 Å². The number of rotatable bonds is 3. The molecule has 3 aromatic rings. The zero-order valence-electron chi connectivity index (χ0n) is 23.8. The van der Waals surface area contributed by atoms with Crippen LogP contribution in [-0.4, -0.2) is 21.5 Å². The lowest BCUT2D eigenvalue weighted by atomic mass is 9.85. The van der Waals surface area contributed by atoms with E-state index in [0.29, 0.717) is 11.1 Å². The number of fused-ring (bicyclic) bond motifs is 2. The van der Waals surface area contributed by atoms with Gasteiger partial charge >= 0.3 is 14.6 Å². The molecule has 0 aliphatic carbocycles. The predicted molar refractivity (Wildman–Crippen MR) is 152 cm³/mol. The van der Waals surface area contributed by atoms with Gasteiger partial charge in [-0.3, -0.25) is 0 Å². The van der Waals surface area contributed by atoms with Crippen molar-refractivity contribution in [2.24, 2.45) is 0 Å². The van der Waals surface area contributed by atoms with E-state index in [4.69, 9.17) is 18.3 Å². The highest BCUT2D eigenvalue weighted by Crippen LogP contribution is 2.54. The molecule has 0 saturated heterocycles. The molecule has 4 rings (SSSR count). The van der Waals surface area contributed by atoms with Crippen molar-refractivity contribution in [3.63, 3.8) is 0 Å². The van der Waals surface area contributed by atoms with Crippen LogP contribution < -0.4 is 13.6 Å². The van der Waals surface area contributed by atoms with E-state index < -0.39 is 35.2 Å². The van der Waals surface area contributed by atoms with Gasteiger partial charge in [0.25, 0.3) is 0 Å². The van der Waals surface area contributed by atoms with Gasteiger partial charge in [-0.2, -0.15) is 0 Å². The minimum atomic E-state index is -4.06. The molecule has 9 heteroatoms. The molecule has 208 valence electrons. The maximum atomic E-state index is 14.3. The lowest BCUT2D eigenvalue weighted by Crippen LogP contribution is -2.21. The van der Waals surface area contributed by atoms with Crippen LogP contribution in [-0.2, 0) is 25.4 Å². The smallest absolute Gasteiger partial charge is 0.465 e. The first-order valence-electron chi connectivity index (χ1n) is 12.6. The number of benzene rings is 3. The second kappa shape index (κ2) is 10.1. The van der Waals surface area contributed by atoms with Crippen molar-refractivity contribution in [1.29, 1.82) is 0 Å². The monoisotopic (exact) mass is 570 g/mol. The second-order valence-electron chi connectivity index (χ2n) is 11.8. The molecule has 0 amide bonds. The van der Waals surface area contributed by atoms with Crippen LogP contribution in [0.1, 0.15) is 74.2 Å². The Morgan fingerprint density at radius 3 is 1.69 bits per heavy atom. The van der Waals surface area contributed by atoms with Crippen molar-refractivity contribution in [2.75, 3.05) is 7.11 Å². The largest absolute Gasteiger partial charge is 0.530 e. The molecular formula is C30H35O7PS.